The monoisotopic (exact) mass is 424 g/mol. The molecule has 7 nitrogen and oxygen atoms in total. The van der Waals surface area contributed by atoms with Gasteiger partial charge in [0.05, 0.1) is 18.7 Å². The van der Waals surface area contributed by atoms with Gasteiger partial charge in [0.2, 0.25) is 5.91 Å². The highest BCUT2D eigenvalue weighted by atomic mass is 32.1. The molecule has 4 heterocycles. The van der Waals surface area contributed by atoms with Crippen LogP contribution in [0.3, 0.4) is 0 Å². The number of ether oxygens (including phenoxy) is 1. The second kappa shape index (κ2) is 7.85. The third-order valence-electron chi connectivity index (χ3n) is 5.86. The van der Waals surface area contributed by atoms with Crippen LogP contribution in [0.5, 0.6) is 0 Å². The molecule has 1 fully saturated rings. The number of rotatable bonds is 4. The number of carbonyl (C=O) groups is 2. The molecule has 3 aromatic rings. The smallest absolute Gasteiger partial charge is 0.255 e. The topological polar surface area (TPSA) is 76.5 Å². The summed E-state index contributed by atoms with van der Waals surface area (Å²) in [6.45, 7) is 1.84. The van der Waals surface area contributed by atoms with Gasteiger partial charge in [-0.25, -0.2) is 4.98 Å². The largest absolute Gasteiger partial charge is 0.368 e. The fourth-order valence-corrected chi connectivity index (χ4v) is 5.30. The number of hydrogen-bond donors (Lipinski definition) is 1. The molecule has 2 aliphatic rings. The van der Waals surface area contributed by atoms with E-state index in [1.807, 2.05) is 30.3 Å². The zero-order valence-corrected chi connectivity index (χ0v) is 17.7. The molecule has 0 aliphatic carbocycles. The minimum Gasteiger partial charge on any atom is -0.368 e. The predicted molar refractivity (Wildman–Crippen MR) is 115 cm³/mol. The van der Waals surface area contributed by atoms with Gasteiger partial charge in [-0.2, -0.15) is 0 Å². The Morgan fingerprint density at radius 2 is 2.20 bits per heavy atom. The van der Waals surface area contributed by atoms with Crippen molar-refractivity contribution in [2.24, 2.45) is 7.05 Å². The number of carbonyl (C=O) groups excluding carboxylic acids is 2. The summed E-state index contributed by atoms with van der Waals surface area (Å²) < 4.78 is 7.50. The molecule has 1 unspecified atom stereocenters. The molecule has 2 amide bonds. The maximum absolute atomic E-state index is 13.0. The molecule has 1 saturated heterocycles. The lowest BCUT2D eigenvalue weighted by atomic mass is 10.1. The SMILES string of the molecule is Cn1cc(CC(=O)N2CCc3nc(NC(=O)C4CCCO4)sc3C2)c2ccccc21. The van der Waals surface area contributed by atoms with E-state index in [1.54, 1.807) is 0 Å². The number of aromatic nitrogens is 2. The van der Waals surface area contributed by atoms with E-state index in [4.69, 9.17) is 4.74 Å². The molecule has 2 aliphatic heterocycles. The molecule has 1 atom stereocenters. The second-order valence-electron chi connectivity index (χ2n) is 7.90. The number of para-hydroxylation sites is 1. The quantitative estimate of drug-likeness (QED) is 0.699. The van der Waals surface area contributed by atoms with Crippen molar-refractivity contribution in [2.45, 2.75) is 38.3 Å². The molecule has 0 radical (unpaired) electrons. The summed E-state index contributed by atoms with van der Waals surface area (Å²) in [6, 6.07) is 8.16. The zero-order valence-electron chi connectivity index (χ0n) is 16.9. The van der Waals surface area contributed by atoms with Crippen molar-refractivity contribution >= 4 is 39.2 Å². The normalized spacial score (nSPS) is 18.6. The molecule has 5 rings (SSSR count). The Morgan fingerprint density at radius 1 is 1.33 bits per heavy atom. The Balaban J connectivity index is 1.26. The van der Waals surface area contributed by atoms with E-state index in [2.05, 4.69) is 27.0 Å². The van der Waals surface area contributed by atoms with Crippen LogP contribution < -0.4 is 5.32 Å². The van der Waals surface area contributed by atoms with E-state index >= 15 is 0 Å². The zero-order chi connectivity index (χ0) is 20.7. The van der Waals surface area contributed by atoms with Gasteiger partial charge in [0, 0.05) is 48.6 Å². The van der Waals surface area contributed by atoms with Crippen molar-refractivity contribution in [1.82, 2.24) is 14.5 Å². The van der Waals surface area contributed by atoms with E-state index in [1.165, 1.54) is 11.3 Å². The molecule has 8 heteroatoms. The van der Waals surface area contributed by atoms with Gasteiger partial charge in [-0.05, 0) is 24.5 Å². The van der Waals surface area contributed by atoms with Crippen LogP contribution in [-0.2, 0) is 40.8 Å². The van der Waals surface area contributed by atoms with Crippen molar-refractivity contribution in [1.29, 1.82) is 0 Å². The predicted octanol–water partition coefficient (Wildman–Crippen LogP) is 2.88. The molecule has 0 spiro atoms. The minimum absolute atomic E-state index is 0.121. The minimum atomic E-state index is -0.371. The number of aryl methyl sites for hydroxylation is 1. The summed E-state index contributed by atoms with van der Waals surface area (Å²) in [5.74, 6) is -0.00201. The average molecular weight is 425 g/mol. The molecule has 0 bridgehead atoms. The summed E-state index contributed by atoms with van der Waals surface area (Å²) in [7, 11) is 2.01. The van der Waals surface area contributed by atoms with Gasteiger partial charge in [-0.1, -0.05) is 29.5 Å². The summed E-state index contributed by atoms with van der Waals surface area (Å²) in [5.41, 5.74) is 3.17. The highest BCUT2D eigenvalue weighted by Gasteiger charge is 2.27. The van der Waals surface area contributed by atoms with Crippen LogP contribution in [-0.4, -0.2) is 45.5 Å². The lowest BCUT2D eigenvalue weighted by Gasteiger charge is -2.26. The molecule has 2 aromatic heterocycles. The third-order valence-corrected chi connectivity index (χ3v) is 6.86. The Morgan fingerprint density at radius 3 is 3.03 bits per heavy atom. The standard InChI is InChI=1S/C22H24N4O3S/c1-25-12-14(15-5-2-3-6-17(15)25)11-20(27)26-9-8-16-19(13-26)30-22(23-16)24-21(28)18-7-4-10-29-18/h2-3,5-6,12,18H,4,7-11,13H2,1H3,(H,23,24,28). The molecule has 0 saturated carbocycles. The van der Waals surface area contributed by atoms with Gasteiger partial charge in [-0.15, -0.1) is 0 Å². The average Bonchev–Trinajstić information content (AvgIpc) is 3.47. The van der Waals surface area contributed by atoms with E-state index in [0.29, 0.717) is 37.7 Å². The molecular formula is C22H24N4O3S. The number of nitrogens with one attached hydrogen (secondary N) is 1. The van der Waals surface area contributed by atoms with E-state index in [9.17, 15) is 9.59 Å². The summed E-state index contributed by atoms with van der Waals surface area (Å²) in [6.07, 6.45) is 4.45. The lowest BCUT2D eigenvalue weighted by Crippen LogP contribution is -2.36. The van der Waals surface area contributed by atoms with Crippen molar-refractivity contribution in [3.63, 3.8) is 0 Å². The van der Waals surface area contributed by atoms with Crippen molar-refractivity contribution in [2.75, 3.05) is 18.5 Å². The van der Waals surface area contributed by atoms with Gasteiger partial charge < -0.3 is 14.2 Å². The first-order valence-corrected chi connectivity index (χ1v) is 11.1. The Bertz CT molecular complexity index is 1110. The van der Waals surface area contributed by atoms with Crippen LogP contribution >= 0.6 is 11.3 Å². The first-order chi connectivity index (χ1) is 14.6. The molecule has 1 aromatic carbocycles. The number of anilines is 1. The van der Waals surface area contributed by atoms with Crippen LogP contribution in [0.25, 0.3) is 10.9 Å². The third kappa shape index (κ3) is 3.61. The number of nitrogens with zero attached hydrogens (tertiary/aromatic N) is 3. The van der Waals surface area contributed by atoms with E-state index in [0.717, 1.165) is 39.9 Å². The van der Waals surface area contributed by atoms with Crippen molar-refractivity contribution < 1.29 is 14.3 Å². The van der Waals surface area contributed by atoms with E-state index < -0.39 is 0 Å². The van der Waals surface area contributed by atoms with Crippen molar-refractivity contribution in [3.8, 4) is 0 Å². The molecule has 156 valence electrons. The van der Waals surface area contributed by atoms with Crippen LogP contribution in [0.15, 0.2) is 30.5 Å². The first kappa shape index (κ1) is 19.3. The first-order valence-electron chi connectivity index (χ1n) is 10.3. The van der Waals surface area contributed by atoms with Gasteiger partial charge in [-0.3, -0.25) is 14.9 Å². The Hall–Kier alpha value is -2.71. The van der Waals surface area contributed by atoms with Gasteiger partial charge in [0.15, 0.2) is 5.13 Å². The molecule has 30 heavy (non-hydrogen) atoms. The fourth-order valence-electron chi connectivity index (χ4n) is 4.27. The number of amides is 2. The summed E-state index contributed by atoms with van der Waals surface area (Å²) in [4.78, 5) is 32.8. The van der Waals surface area contributed by atoms with Crippen LogP contribution in [0.4, 0.5) is 5.13 Å². The fraction of sp³-hybridized carbons (Fsp3) is 0.409. The summed E-state index contributed by atoms with van der Waals surface area (Å²) >= 11 is 1.46. The van der Waals surface area contributed by atoms with Gasteiger partial charge in [0.25, 0.3) is 5.91 Å². The Kier molecular flexibility index (Phi) is 5.04. The van der Waals surface area contributed by atoms with Gasteiger partial charge in [0.1, 0.15) is 6.10 Å². The van der Waals surface area contributed by atoms with E-state index in [-0.39, 0.29) is 17.9 Å². The van der Waals surface area contributed by atoms with Crippen molar-refractivity contribution in [3.05, 3.63) is 46.6 Å². The second-order valence-corrected chi connectivity index (χ2v) is 8.99. The lowest BCUT2D eigenvalue weighted by molar-refractivity contribution is -0.131. The van der Waals surface area contributed by atoms with Gasteiger partial charge >= 0.3 is 0 Å². The maximum atomic E-state index is 13.0. The highest BCUT2D eigenvalue weighted by molar-refractivity contribution is 7.15. The van der Waals surface area contributed by atoms with Crippen LogP contribution in [0.1, 0.15) is 29.0 Å². The highest BCUT2D eigenvalue weighted by Crippen LogP contribution is 2.30. The Labute approximate surface area is 178 Å². The maximum Gasteiger partial charge on any atom is 0.255 e. The van der Waals surface area contributed by atoms with Crippen LogP contribution in [0.2, 0.25) is 0 Å². The molecular weight excluding hydrogens is 400 g/mol. The van der Waals surface area contributed by atoms with Crippen LogP contribution in [0, 0.1) is 0 Å². The summed E-state index contributed by atoms with van der Waals surface area (Å²) in [5, 5.41) is 4.61. The number of hydrogen-bond acceptors (Lipinski definition) is 5. The number of benzene rings is 1. The number of thiazole rings is 1. The molecule has 1 N–H and O–H groups in total. The number of fused-ring (bicyclic) bond motifs is 2.